The van der Waals surface area contributed by atoms with Gasteiger partial charge in [-0.25, -0.2) is 0 Å². The highest BCUT2D eigenvalue weighted by Gasteiger charge is 2.12. The third kappa shape index (κ3) is 6.90. The molecule has 116 valence electrons. The van der Waals surface area contributed by atoms with Crippen LogP contribution in [-0.4, -0.2) is 42.9 Å². The number of hydrogen-bond donors (Lipinski definition) is 2. The van der Waals surface area contributed by atoms with Crippen molar-refractivity contribution in [3.63, 3.8) is 0 Å². The number of nitrogens with zero attached hydrogens (tertiary/aromatic N) is 1. The van der Waals surface area contributed by atoms with E-state index in [1.165, 1.54) is 0 Å². The lowest BCUT2D eigenvalue weighted by atomic mass is 10.2. The number of halogens is 1. The van der Waals surface area contributed by atoms with Crippen molar-refractivity contribution in [1.29, 1.82) is 0 Å². The number of aryl methyl sites for hydroxylation is 1. The summed E-state index contributed by atoms with van der Waals surface area (Å²) in [5.74, 6) is -0.204. The maximum Gasteiger partial charge on any atom is 0.238 e. The molecule has 21 heavy (non-hydrogen) atoms. The Labute approximate surface area is 139 Å². The van der Waals surface area contributed by atoms with Crippen LogP contribution in [0, 0.1) is 10.5 Å². The number of carbonyl (C=O) groups excluding carboxylic acids is 2. The molecule has 0 saturated heterocycles. The van der Waals surface area contributed by atoms with E-state index in [2.05, 4.69) is 33.2 Å². The highest BCUT2D eigenvalue weighted by molar-refractivity contribution is 14.1. The molecule has 1 rings (SSSR count). The van der Waals surface area contributed by atoms with Gasteiger partial charge < -0.3 is 10.6 Å². The standard InChI is InChI=1S/C15H22IN3O2/c1-10(2)17-14(20)8-19(4)9-15(21)18-13-6-5-12(16)7-11(13)3/h5-7,10H,8-9H2,1-4H3,(H,17,20)(H,18,21). The van der Waals surface area contributed by atoms with Gasteiger partial charge >= 0.3 is 0 Å². The summed E-state index contributed by atoms with van der Waals surface area (Å²) in [5, 5.41) is 5.67. The second-order valence-corrected chi connectivity index (χ2v) is 6.65. The molecule has 6 heteroatoms. The van der Waals surface area contributed by atoms with Crippen LogP contribution in [0.1, 0.15) is 19.4 Å². The number of carbonyl (C=O) groups is 2. The van der Waals surface area contributed by atoms with Crippen LogP contribution in [0.4, 0.5) is 5.69 Å². The average Bonchev–Trinajstić information content (AvgIpc) is 2.31. The number of benzene rings is 1. The predicted molar refractivity (Wildman–Crippen MR) is 93.3 cm³/mol. The monoisotopic (exact) mass is 403 g/mol. The maximum absolute atomic E-state index is 12.0. The van der Waals surface area contributed by atoms with Crippen molar-refractivity contribution in [3.8, 4) is 0 Å². The average molecular weight is 403 g/mol. The van der Waals surface area contributed by atoms with E-state index in [0.717, 1.165) is 14.8 Å². The van der Waals surface area contributed by atoms with Crippen molar-refractivity contribution in [1.82, 2.24) is 10.2 Å². The van der Waals surface area contributed by atoms with Crippen LogP contribution in [0.2, 0.25) is 0 Å². The van der Waals surface area contributed by atoms with Gasteiger partial charge in [-0.05, 0) is 74.2 Å². The van der Waals surface area contributed by atoms with Crippen LogP contribution in [0.25, 0.3) is 0 Å². The number of anilines is 1. The number of nitrogens with one attached hydrogen (secondary N) is 2. The minimum atomic E-state index is -0.126. The second-order valence-electron chi connectivity index (χ2n) is 5.40. The van der Waals surface area contributed by atoms with E-state index in [1.54, 1.807) is 11.9 Å². The van der Waals surface area contributed by atoms with E-state index >= 15 is 0 Å². The van der Waals surface area contributed by atoms with Crippen molar-refractivity contribution in [2.45, 2.75) is 26.8 Å². The third-order valence-corrected chi connectivity index (χ3v) is 3.41. The van der Waals surface area contributed by atoms with Crippen LogP contribution >= 0.6 is 22.6 Å². The van der Waals surface area contributed by atoms with E-state index in [1.807, 2.05) is 39.0 Å². The van der Waals surface area contributed by atoms with E-state index < -0.39 is 0 Å². The molecule has 0 radical (unpaired) electrons. The molecule has 2 N–H and O–H groups in total. The van der Waals surface area contributed by atoms with Gasteiger partial charge in [-0.3, -0.25) is 14.5 Å². The Morgan fingerprint density at radius 1 is 1.24 bits per heavy atom. The molecule has 0 aromatic heterocycles. The highest BCUT2D eigenvalue weighted by atomic mass is 127. The third-order valence-electron chi connectivity index (χ3n) is 2.74. The Hall–Kier alpha value is -1.15. The topological polar surface area (TPSA) is 61.4 Å². The predicted octanol–water partition coefficient (Wildman–Crippen LogP) is 1.99. The molecular formula is C15H22IN3O2. The molecule has 0 spiro atoms. The zero-order valence-electron chi connectivity index (χ0n) is 12.9. The van der Waals surface area contributed by atoms with Gasteiger partial charge in [-0.15, -0.1) is 0 Å². The molecule has 5 nitrogen and oxygen atoms in total. The Morgan fingerprint density at radius 3 is 2.43 bits per heavy atom. The molecule has 0 fully saturated rings. The van der Waals surface area contributed by atoms with Crippen LogP contribution in [0.3, 0.4) is 0 Å². The van der Waals surface area contributed by atoms with Crippen LogP contribution in [0.5, 0.6) is 0 Å². The molecule has 0 bridgehead atoms. The molecule has 1 aromatic rings. The summed E-state index contributed by atoms with van der Waals surface area (Å²) in [5.41, 5.74) is 1.83. The quantitative estimate of drug-likeness (QED) is 0.715. The lowest BCUT2D eigenvalue weighted by Gasteiger charge is -2.17. The first-order valence-corrected chi connectivity index (χ1v) is 7.89. The van der Waals surface area contributed by atoms with Crippen LogP contribution in [0.15, 0.2) is 18.2 Å². The number of rotatable bonds is 6. The molecule has 0 atom stereocenters. The van der Waals surface area contributed by atoms with Gasteiger partial charge in [0.25, 0.3) is 0 Å². The minimum Gasteiger partial charge on any atom is -0.353 e. The van der Waals surface area contributed by atoms with Crippen molar-refractivity contribution in [2.24, 2.45) is 0 Å². The van der Waals surface area contributed by atoms with Crippen LogP contribution < -0.4 is 10.6 Å². The summed E-state index contributed by atoms with van der Waals surface area (Å²) in [6, 6.07) is 5.95. The van der Waals surface area contributed by atoms with Gasteiger partial charge in [0.1, 0.15) is 0 Å². The van der Waals surface area contributed by atoms with Gasteiger partial charge in [0.15, 0.2) is 0 Å². The number of likely N-dealkylation sites (N-methyl/N-ethyl adjacent to an activating group) is 1. The van der Waals surface area contributed by atoms with E-state index in [-0.39, 0.29) is 30.9 Å². The fraction of sp³-hybridized carbons (Fsp3) is 0.467. The highest BCUT2D eigenvalue weighted by Crippen LogP contribution is 2.17. The van der Waals surface area contributed by atoms with Gasteiger partial charge in [0.2, 0.25) is 11.8 Å². The SMILES string of the molecule is Cc1cc(I)ccc1NC(=O)CN(C)CC(=O)NC(C)C. The fourth-order valence-electron chi connectivity index (χ4n) is 1.87. The fourth-order valence-corrected chi connectivity index (χ4v) is 2.52. The summed E-state index contributed by atoms with van der Waals surface area (Å²) >= 11 is 2.23. The normalized spacial score (nSPS) is 10.8. The zero-order chi connectivity index (χ0) is 16.0. The summed E-state index contributed by atoms with van der Waals surface area (Å²) in [4.78, 5) is 25.3. The maximum atomic E-state index is 12.0. The van der Waals surface area contributed by atoms with Crippen molar-refractivity contribution in [2.75, 3.05) is 25.5 Å². The summed E-state index contributed by atoms with van der Waals surface area (Å²) in [6.07, 6.45) is 0. The number of amides is 2. The smallest absolute Gasteiger partial charge is 0.238 e. The Morgan fingerprint density at radius 2 is 1.86 bits per heavy atom. The van der Waals surface area contributed by atoms with Gasteiger partial charge in [0.05, 0.1) is 13.1 Å². The molecule has 0 saturated carbocycles. The summed E-state index contributed by atoms with van der Waals surface area (Å²) < 4.78 is 1.13. The zero-order valence-corrected chi connectivity index (χ0v) is 15.0. The minimum absolute atomic E-state index is 0.0780. The van der Waals surface area contributed by atoms with Gasteiger partial charge in [0, 0.05) is 15.3 Å². The molecule has 0 aliphatic rings. The van der Waals surface area contributed by atoms with Gasteiger partial charge in [-0.1, -0.05) is 0 Å². The molecular weight excluding hydrogens is 381 g/mol. The van der Waals surface area contributed by atoms with Crippen LogP contribution in [-0.2, 0) is 9.59 Å². The first-order valence-electron chi connectivity index (χ1n) is 6.82. The molecule has 0 aliphatic heterocycles. The Balaban J connectivity index is 2.47. The van der Waals surface area contributed by atoms with E-state index in [0.29, 0.717) is 0 Å². The van der Waals surface area contributed by atoms with Crippen molar-refractivity contribution >= 4 is 40.1 Å². The van der Waals surface area contributed by atoms with Crippen molar-refractivity contribution in [3.05, 3.63) is 27.3 Å². The largest absolute Gasteiger partial charge is 0.353 e. The molecule has 2 amide bonds. The first-order chi connectivity index (χ1) is 9.77. The molecule has 1 aromatic carbocycles. The summed E-state index contributed by atoms with van der Waals surface area (Å²) in [7, 11) is 1.75. The summed E-state index contributed by atoms with van der Waals surface area (Å²) in [6.45, 7) is 6.15. The number of hydrogen-bond acceptors (Lipinski definition) is 3. The van der Waals surface area contributed by atoms with Gasteiger partial charge in [-0.2, -0.15) is 0 Å². The second kappa shape index (κ2) is 8.33. The Kier molecular flexibility index (Phi) is 7.10. The van der Waals surface area contributed by atoms with E-state index in [9.17, 15) is 9.59 Å². The Bertz CT molecular complexity index is 518. The van der Waals surface area contributed by atoms with Crippen molar-refractivity contribution < 1.29 is 9.59 Å². The molecule has 0 aliphatic carbocycles. The molecule has 0 unspecified atom stereocenters. The van der Waals surface area contributed by atoms with E-state index in [4.69, 9.17) is 0 Å². The lowest BCUT2D eigenvalue weighted by Crippen LogP contribution is -2.41. The molecule has 0 heterocycles. The lowest BCUT2D eigenvalue weighted by molar-refractivity contribution is -0.123. The first kappa shape index (κ1) is 17.9.